The monoisotopic (exact) mass is 350 g/mol. The highest BCUT2D eigenvalue weighted by atomic mass is 16.5. The number of nitrogens with zero attached hydrogens (tertiary/aromatic N) is 1. The minimum Gasteiger partial charge on any atom is -0.503 e. The zero-order chi connectivity index (χ0) is 18.4. The zero-order valence-corrected chi connectivity index (χ0v) is 14.9. The highest BCUT2D eigenvalue weighted by molar-refractivity contribution is 5.97. The summed E-state index contributed by atoms with van der Waals surface area (Å²) in [4.78, 5) is 28.3. The Hall–Kier alpha value is -2.31. The van der Waals surface area contributed by atoms with Crippen LogP contribution in [0.4, 0.5) is 0 Å². The minimum atomic E-state index is -0.842. The molecule has 1 heterocycles. The van der Waals surface area contributed by atoms with E-state index in [0.29, 0.717) is 5.92 Å². The van der Waals surface area contributed by atoms with Crippen LogP contribution in [0.1, 0.15) is 56.4 Å². The number of nitrogens with one attached hydrogen (secondary N) is 1. The fraction of sp³-hybridized carbons (Fsp3) is 0.611. The second-order valence-electron chi connectivity index (χ2n) is 6.45. The molecule has 1 aliphatic rings. The number of esters is 1. The molecule has 0 aromatic carbocycles. The second kappa shape index (κ2) is 8.69. The number of ether oxygens (including phenoxy) is 2. The molecule has 1 fully saturated rings. The number of pyridine rings is 1. The molecule has 1 aromatic rings. The predicted octanol–water partition coefficient (Wildman–Crippen LogP) is 2.43. The van der Waals surface area contributed by atoms with Crippen molar-refractivity contribution >= 4 is 11.9 Å². The lowest BCUT2D eigenvalue weighted by Crippen LogP contribution is -2.42. The molecule has 25 heavy (non-hydrogen) atoms. The van der Waals surface area contributed by atoms with Gasteiger partial charge in [0, 0.05) is 12.3 Å². The Morgan fingerprint density at radius 1 is 1.28 bits per heavy atom. The van der Waals surface area contributed by atoms with Gasteiger partial charge in [-0.3, -0.25) is 4.79 Å². The van der Waals surface area contributed by atoms with Gasteiger partial charge in [-0.05, 0) is 32.6 Å². The molecule has 1 saturated carbocycles. The van der Waals surface area contributed by atoms with Crippen LogP contribution in [0.2, 0.25) is 0 Å². The first kappa shape index (κ1) is 19.0. The number of hydrogen-bond donors (Lipinski definition) is 2. The van der Waals surface area contributed by atoms with E-state index in [1.54, 1.807) is 6.92 Å². The molecular formula is C18H26N2O5. The van der Waals surface area contributed by atoms with Gasteiger partial charge in [-0.25, -0.2) is 9.78 Å². The molecule has 2 rings (SSSR count). The number of rotatable bonds is 6. The van der Waals surface area contributed by atoms with Gasteiger partial charge in [0.15, 0.2) is 17.2 Å². The van der Waals surface area contributed by atoms with E-state index in [-0.39, 0.29) is 23.3 Å². The molecule has 1 amide bonds. The molecule has 2 atom stereocenters. The van der Waals surface area contributed by atoms with Crippen LogP contribution in [0.3, 0.4) is 0 Å². The molecule has 0 saturated heterocycles. The van der Waals surface area contributed by atoms with Crippen molar-refractivity contribution in [1.29, 1.82) is 0 Å². The molecule has 0 spiro atoms. The molecule has 1 aromatic heterocycles. The zero-order valence-electron chi connectivity index (χ0n) is 14.9. The number of aromatic nitrogens is 1. The predicted molar refractivity (Wildman–Crippen MR) is 91.5 cm³/mol. The van der Waals surface area contributed by atoms with Crippen molar-refractivity contribution in [3.63, 3.8) is 0 Å². The molecule has 7 heteroatoms. The van der Waals surface area contributed by atoms with Crippen molar-refractivity contribution in [2.75, 3.05) is 7.11 Å². The molecule has 138 valence electrons. The molecule has 1 aliphatic carbocycles. The van der Waals surface area contributed by atoms with Crippen LogP contribution < -0.4 is 10.1 Å². The van der Waals surface area contributed by atoms with E-state index in [0.717, 1.165) is 12.8 Å². The third kappa shape index (κ3) is 4.84. The maximum Gasteiger partial charge on any atom is 0.328 e. The standard InChI is InChI=1S/C18H26N2O5/c1-11(18(23)25-12(2)13-7-5-4-6-8-13)20-17(22)15-16(21)14(24-3)9-10-19-15/h9-13,21H,4-8H2,1-3H3,(H,20,22). The van der Waals surface area contributed by atoms with Crippen LogP contribution in [0.25, 0.3) is 0 Å². The van der Waals surface area contributed by atoms with E-state index < -0.39 is 17.9 Å². The Morgan fingerprint density at radius 2 is 1.96 bits per heavy atom. The third-order valence-corrected chi connectivity index (χ3v) is 4.64. The van der Waals surface area contributed by atoms with Gasteiger partial charge in [-0.2, -0.15) is 0 Å². The summed E-state index contributed by atoms with van der Waals surface area (Å²) in [7, 11) is 1.38. The summed E-state index contributed by atoms with van der Waals surface area (Å²) < 4.78 is 10.4. The fourth-order valence-electron chi connectivity index (χ4n) is 3.08. The minimum absolute atomic E-state index is 0.140. The molecule has 2 N–H and O–H groups in total. The van der Waals surface area contributed by atoms with E-state index in [9.17, 15) is 14.7 Å². The van der Waals surface area contributed by atoms with E-state index in [1.807, 2.05) is 6.92 Å². The first-order valence-corrected chi connectivity index (χ1v) is 8.67. The topological polar surface area (TPSA) is 97.8 Å². The van der Waals surface area contributed by atoms with Gasteiger partial charge >= 0.3 is 5.97 Å². The lowest BCUT2D eigenvalue weighted by Gasteiger charge is -2.28. The lowest BCUT2D eigenvalue weighted by atomic mass is 9.86. The molecule has 2 unspecified atom stereocenters. The average Bonchev–Trinajstić information content (AvgIpc) is 2.62. The molecule has 0 radical (unpaired) electrons. The van der Waals surface area contributed by atoms with Crippen LogP contribution in [0.15, 0.2) is 12.3 Å². The smallest absolute Gasteiger partial charge is 0.328 e. The van der Waals surface area contributed by atoms with Crippen LogP contribution in [-0.4, -0.2) is 41.2 Å². The first-order valence-electron chi connectivity index (χ1n) is 8.67. The SMILES string of the molecule is COc1ccnc(C(=O)NC(C)C(=O)OC(C)C2CCCCC2)c1O. The second-order valence-corrected chi connectivity index (χ2v) is 6.45. The van der Waals surface area contributed by atoms with Crippen LogP contribution in [0.5, 0.6) is 11.5 Å². The Kier molecular flexibility index (Phi) is 6.61. The van der Waals surface area contributed by atoms with Crippen molar-refractivity contribution in [3.8, 4) is 11.5 Å². The van der Waals surface area contributed by atoms with Gasteiger partial charge in [0.1, 0.15) is 12.1 Å². The molecular weight excluding hydrogens is 324 g/mol. The number of amides is 1. The number of carbonyl (C=O) groups is 2. The first-order chi connectivity index (χ1) is 11.9. The Bertz CT molecular complexity index is 613. The Labute approximate surface area is 147 Å². The third-order valence-electron chi connectivity index (χ3n) is 4.64. The van der Waals surface area contributed by atoms with Gasteiger partial charge in [-0.15, -0.1) is 0 Å². The number of aromatic hydroxyl groups is 1. The molecule has 7 nitrogen and oxygen atoms in total. The number of hydrogen-bond acceptors (Lipinski definition) is 6. The van der Waals surface area contributed by atoms with Gasteiger partial charge in [-0.1, -0.05) is 19.3 Å². The van der Waals surface area contributed by atoms with Gasteiger partial charge in [0.25, 0.3) is 5.91 Å². The summed E-state index contributed by atoms with van der Waals surface area (Å²) >= 11 is 0. The summed E-state index contributed by atoms with van der Waals surface area (Å²) in [6.07, 6.45) is 6.88. The van der Waals surface area contributed by atoms with Gasteiger partial charge in [0.05, 0.1) is 7.11 Å². The van der Waals surface area contributed by atoms with Gasteiger partial charge < -0.3 is 19.9 Å². The Balaban J connectivity index is 1.93. The summed E-state index contributed by atoms with van der Waals surface area (Å²) in [5.41, 5.74) is -0.195. The summed E-state index contributed by atoms with van der Waals surface area (Å²) in [5, 5.41) is 12.5. The fourth-order valence-corrected chi connectivity index (χ4v) is 3.08. The average molecular weight is 350 g/mol. The quantitative estimate of drug-likeness (QED) is 0.765. The molecule has 0 aliphatic heterocycles. The van der Waals surface area contributed by atoms with E-state index in [2.05, 4.69) is 10.3 Å². The Morgan fingerprint density at radius 3 is 2.60 bits per heavy atom. The van der Waals surface area contributed by atoms with E-state index in [1.165, 1.54) is 38.6 Å². The lowest BCUT2D eigenvalue weighted by molar-refractivity contribution is -0.153. The normalized spacial score (nSPS) is 17.4. The highest BCUT2D eigenvalue weighted by Gasteiger charge is 2.27. The maximum atomic E-state index is 12.2. The number of methoxy groups -OCH3 is 1. The van der Waals surface area contributed by atoms with Crippen molar-refractivity contribution in [2.24, 2.45) is 5.92 Å². The van der Waals surface area contributed by atoms with Crippen molar-refractivity contribution in [2.45, 2.75) is 58.1 Å². The molecule has 0 bridgehead atoms. The summed E-state index contributed by atoms with van der Waals surface area (Å²) in [5.74, 6) is -0.996. The summed E-state index contributed by atoms with van der Waals surface area (Å²) in [6, 6.07) is 0.598. The van der Waals surface area contributed by atoms with Gasteiger partial charge in [0.2, 0.25) is 0 Å². The maximum absolute atomic E-state index is 12.2. The number of carbonyl (C=O) groups excluding carboxylic acids is 2. The largest absolute Gasteiger partial charge is 0.503 e. The van der Waals surface area contributed by atoms with Crippen LogP contribution in [-0.2, 0) is 9.53 Å². The van der Waals surface area contributed by atoms with Crippen LogP contribution in [0, 0.1) is 5.92 Å². The van der Waals surface area contributed by atoms with Crippen LogP contribution >= 0.6 is 0 Å². The van der Waals surface area contributed by atoms with Crippen molar-refractivity contribution in [1.82, 2.24) is 10.3 Å². The highest BCUT2D eigenvalue weighted by Crippen LogP contribution is 2.28. The van der Waals surface area contributed by atoms with Crippen molar-refractivity contribution < 1.29 is 24.2 Å². The van der Waals surface area contributed by atoms with E-state index >= 15 is 0 Å². The van der Waals surface area contributed by atoms with E-state index in [4.69, 9.17) is 9.47 Å². The summed E-state index contributed by atoms with van der Waals surface area (Å²) in [6.45, 7) is 3.45. The van der Waals surface area contributed by atoms with Crippen molar-refractivity contribution in [3.05, 3.63) is 18.0 Å².